The molecule has 0 aliphatic carbocycles. The minimum atomic E-state index is 0.623. The number of hydrogen-bond acceptors (Lipinski definition) is 2. The van der Waals surface area contributed by atoms with Crippen LogP contribution in [0.5, 0.6) is 0 Å². The molecule has 1 aromatic carbocycles. The van der Waals surface area contributed by atoms with E-state index in [2.05, 4.69) is 48.3 Å². The fourth-order valence-corrected chi connectivity index (χ4v) is 2.80. The van der Waals surface area contributed by atoms with Crippen molar-refractivity contribution in [1.82, 2.24) is 10.2 Å². The number of nitrogens with zero attached hydrogens (tertiary/aromatic N) is 2. The van der Waals surface area contributed by atoms with Gasteiger partial charge in [-0.25, -0.2) is 4.99 Å². The fraction of sp³-hybridized carbons (Fsp3) is 0.588. The summed E-state index contributed by atoms with van der Waals surface area (Å²) in [5, 5.41) is 3.41. The molecule has 4 heteroatoms. The van der Waals surface area contributed by atoms with Crippen molar-refractivity contribution in [2.24, 2.45) is 10.9 Å². The summed E-state index contributed by atoms with van der Waals surface area (Å²) in [6.07, 6.45) is 1.18. The first-order valence-electron chi connectivity index (χ1n) is 7.80. The summed E-state index contributed by atoms with van der Waals surface area (Å²) >= 11 is 0. The van der Waals surface area contributed by atoms with E-state index in [1.807, 2.05) is 0 Å². The van der Waals surface area contributed by atoms with E-state index in [1.54, 1.807) is 7.11 Å². The molecule has 1 N–H and O–H groups in total. The van der Waals surface area contributed by atoms with Crippen molar-refractivity contribution < 1.29 is 4.74 Å². The molecule has 0 bridgehead atoms. The molecule has 0 saturated carbocycles. The van der Waals surface area contributed by atoms with Crippen LogP contribution in [-0.2, 0) is 11.3 Å². The second kappa shape index (κ2) is 8.03. The lowest BCUT2D eigenvalue weighted by molar-refractivity contribution is 0.157. The molecular weight excluding hydrogens is 262 g/mol. The van der Waals surface area contributed by atoms with Crippen molar-refractivity contribution >= 4 is 5.96 Å². The molecule has 1 aliphatic rings. The monoisotopic (exact) mass is 289 g/mol. The Kier molecular flexibility index (Phi) is 6.05. The topological polar surface area (TPSA) is 36.9 Å². The average Bonchev–Trinajstić information content (AvgIpc) is 2.92. The molecular formula is C17H27N3O. The van der Waals surface area contributed by atoms with Gasteiger partial charge in [0, 0.05) is 32.7 Å². The third-order valence-corrected chi connectivity index (χ3v) is 3.82. The second-order valence-corrected chi connectivity index (χ2v) is 5.72. The van der Waals surface area contributed by atoms with Gasteiger partial charge in [0.1, 0.15) is 0 Å². The molecule has 0 amide bonds. The molecule has 21 heavy (non-hydrogen) atoms. The Labute approximate surface area is 128 Å². The molecule has 0 radical (unpaired) electrons. The number of hydrogen-bond donors (Lipinski definition) is 1. The second-order valence-electron chi connectivity index (χ2n) is 5.72. The van der Waals surface area contributed by atoms with Crippen LogP contribution in [0.1, 0.15) is 24.5 Å². The van der Waals surface area contributed by atoms with E-state index in [1.165, 1.54) is 17.5 Å². The van der Waals surface area contributed by atoms with E-state index in [-0.39, 0.29) is 0 Å². The molecule has 4 nitrogen and oxygen atoms in total. The maximum absolute atomic E-state index is 5.27. The van der Waals surface area contributed by atoms with Gasteiger partial charge in [0.15, 0.2) is 5.96 Å². The molecule has 2 rings (SSSR count). The first-order chi connectivity index (χ1) is 10.2. The standard InChI is InChI=1S/C17H27N3O/c1-4-18-17(20-9-8-16(12-20)13-21-3)19-11-15-7-5-6-14(2)10-15/h5-7,10,16H,4,8-9,11-13H2,1-3H3,(H,18,19). The molecule has 1 saturated heterocycles. The van der Waals surface area contributed by atoms with Crippen LogP contribution in [0.2, 0.25) is 0 Å². The summed E-state index contributed by atoms with van der Waals surface area (Å²) < 4.78 is 5.27. The Morgan fingerprint density at radius 2 is 2.33 bits per heavy atom. The normalized spacial score (nSPS) is 19.1. The van der Waals surface area contributed by atoms with Gasteiger partial charge < -0.3 is 15.0 Å². The van der Waals surface area contributed by atoms with Crippen LogP contribution < -0.4 is 5.32 Å². The number of methoxy groups -OCH3 is 1. The highest BCUT2D eigenvalue weighted by Crippen LogP contribution is 2.16. The van der Waals surface area contributed by atoms with Crippen LogP contribution in [0.25, 0.3) is 0 Å². The van der Waals surface area contributed by atoms with E-state index >= 15 is 0 Å². The third kappa shape index (κ3) is 4.74. The van der Waals surface area contributed by atoms with Crippen molar-refractivity contribution in [2.45, 2.75) is 26.8 Å². The molecule has 1 aliphatic heterocycles. The zero-order chi connectivity index (χ0) is 15.1. The van der Waals surface area contributed by atoms with E-state index in [4.69, 9.17) is 9.73 Å². The Morgan fingerprint density at radius 3 is 3.05 bits per heavy atom. The average molecular weight is 289 g/mol. The fourth-order valence-electron chi connectivity index (χ4n) is 2.80. The summed E-state index contributed by atoms with van der Waals surface area (Å²) in [6, 6.07) is 8.55. The SMILES string of the molecule is CCNC(=NCc1cccc(C)c1)N1CCC(COC)C1. The van der Waals surface area contributed by atoms with Gasteiger partial charge in [-0.1, -0.05) is 29.8 Å². The molecule has 1 heterocycles. The predicted octanol–water partition coefficient (Wildman–Crippen LogP) is 2.43. The lowest BCUT2D eigenvalue weighted by atomic mass is 10.1. The maximum atomic E-state index is 5.27. The Hall–Kier alpha value is -1.55. The quantitative estimate of drug-likeness (QED) is 0.668. The third-order valence-electron chi connectivity index (χ3n) is 3.82. The number of ether oxygens (including phenoxy) is 1. The molecule has 116 valence electrons. The van der Waals surface area contributed by atoms with Crippen LogP contribution in [0.3, 0.4) is 0 Å². The van der Waals surface area contributed by atoms with Gasteiger partial charge in [-0.2, -0.15) is 0 Å². The Morgan fingerprint density at radius 1 is 1.48 bits per heavy atom. The van der Waals surface area contributed by atoms with Crippen molar-refractivity contribution in [3.63, 3.8) is 0 Å². The minimum Gasteiger partial charge on any atom is -0.384 e. The summed E-state index contributed by atoms with van der Waals surface area (Å²) in [5.74, 6) is 1.65. The van der Waals surface area contributed by atoms with Crippen molar-refractivity contribution in [3.05, 3.63) is 35.4 Å². The maximum Gasteiger partial charge on any atom is 0.194 e. The molecule has 0 spiro atoms. The summed E-state index contributed by atoms with van der Waals surface area (Å²) in [4.78, 5) is 7.14. The van der Waals surface area contributed by atoms with Gasteiger partial charge in [-0.15, -0.1) is 0 Å². The number of guanidine groups is 1. The summed E-state index contributed by atoms with van der Waals surface area (Å²) in [7, 11) is 1.78. The number of aryl methyl sites for hydroxylation is 1. The van der Waals surface area contributed by atoms with Crippen LogP contribution in [-0.4, -0.2) is 44.2 Å². The highest BCUT2D eigenvalue weighted by Gasteiger charge is 2.24. The largest absolute Gasteiger partial charge is 0.384 e. The molecule has 1 fully saturated rings. The Bertz CT molecular complexity index is 473. The number of nitrogens with one attached hydrogen (secondary N) is 1. The highest BCUT2D eigenvalue weighted by molar-refractivity contribution is 5.80. The highest BCUT2D eigenvalue weighted by atomic mass is 16.5. The molecule has 1 unspecified atom stereocenters. The van der Waals surface area contributed by atoms with Crippen LogP contribution in [0.4, 0.5) is 0 Å². The Balaban J connectivity index is 1.99. The number of benzene rings is 1. The van der Waals surface area contributed by atoms with Gasteiger partial charge in [0.05, 0.1) is 13.2 Å². The van der Waals surface area contributed by atoms with Crippen LogP contribution in [0, 0.1) is 12.8 Å². The summed E-state index contributed by atoms with van der Waals surface area (Å²) in [5.41, 5.74) is 2.55. The smallest absolute Gasteiger partial charge is 0.194 e. The summed E-state index contributed by atoms with van der Waals surface area (Å²) in [6.45, 7) is 8.81. The van der Waals surface area contributed by atoms with Gasteiger partial charge >= 0.3 is 0 Å². The van der Waals surface area contributed by atoms with Crippen molar-refractivity contribution in [3.8, 4) is 0 Å². The van der Waals surface area contributed by atoms with E-state index in [9.17, 15) is 0 Å². The van der Waals surface area contributed by atoms with E-state index in [0.717, 1.165) is 38.7 Å². The van der Waals surface area contributed by atoms with Crippen LogP contribution >= 0.6 is 0 Å². The van der Waals surface area contributed by atoms with Gasteiger partial charge in [-0.3, -0.25) is 0 Å². The number of likely N-dealkylation sites (tertiary alicyclic amines) is 1. The predicted molar refractivity (Wildman–Crippen MR) is 87.6 cm³/mol. The van der Waals surface area contributed by atoms with Gasteiger partial charge in [0.25, 0.3) is 0 Å². The number of rotatable bonds is 5. The van der Waals surface area contributed by atoms with Crippen molar-refractivity contribution in [2.75, 3.05) is 33.4 Å². The zero-order valence-electron chi connectivity index (χ0n) is 13.4. The lowest BCUT2D eigenvalue weighted by Gasteiger charge is -2.21. The van der Waals surface area contributed by atoms with Crippen LogP contribution in [0.15, 0.2) is 29.3 Å². The first-order valence-corrected chi connectivity index (χ1v) is 7.80. The van der Waals surface area contributed by atoms with Crippen molar-refractivity contribution in [1.29, 1.82) is 0 Å². The number of aliphatic imine (C=N–C) groups is 1. The lowest BCUT2D eigenvalue weighted by Crippen LogP contribution is -2.40. The first kappa shape index (κ1) is 15.8. The molecule has 1 aromatic rings. The zero-order valence-corrected chi connectivity index (χ0v) is 13.4. The van der Waals surface area contributed by atoms with E-state index in [0.29, 0.717) is 5.92 Å². The van der Waals surface area contributed by atoms with Gasteiger partial charge in [-0.05, 0) is 25.8 Å². The molecule has 1 atom stereocenters. The van der Waals surface area contributed by atoms with Gasteiger partial charge in [0.2, 0.25) is 0 Å². The van der Waals surface area contributed by atoms with E-state index < -0.39 is 0 Å². The molecule has 0 aromatic heterocycles. The minimum absolute atomic E-state index is 0.623.